The average molecular weight is 300 g/mol. The van der Waals surface area contributed by atoms with Gasteiger partial charge in [-0.3, -0.25) is 0 Å². The van der Waals surface area contributed by atoms with E-state index in [0.29, 0.717) is 16.9 Å². The Morgan fingerprint density at radius 1 is 1.00 bits per heavy atom. The number of carbonyl (C=O) groups excluding carboxylic acids is 2. The maximum atomic E-state index is 12.2. The minimum absolute atomic E-state index is 0.265. The smallest absolute Gasteiger partial charge is 0.347 e. The van der Waals surface area contributed by atoms with Crippen molar-refractivity contribution >= 4 is 11.9 Å². The molecular formula is C17H16O5. The number of carbonyl (C=O) groups is 2. The number of methoxy groups -OCH3 is 1. The van der Waals surface area contributed by atoms with Gasteiger partial charge in [-0.25, -0.2) is 9.59 Å². The topological polar surface area (TPSA) is 61.8 Å². The van der Waals surface area contributed by atoms with E-state index in [1.54, 1.807) is 49.4 Å². The van der Waals surface area contributed by atoms with Crippen molar-refractivity contribution in [3.05, 3.63) is 59.7 Å². The van der Waals surface area contributed by atoms with Crippen LogP contribution in [0.2, 0.25) is 0 Å². The van der Waals surface area contributed by atoms with Crippen molar-refractivity contribution in [2.45, 2.75) is 6.92 Å². The van der Waals surface area contributed by atoms with Crippen LogP contribution in [0.25, 0.3) is 0 Å². The summed E-state index contributed by atoms with van der Waals surface area (Å²) in [4.78, 5) is 23.9. The van der Waals surface area contributed by atoms with Crippen LogP contribution in [-0.4, -0.2) is 25.7 Å². The molecule has 0 aliphatic heterocycles. The number of esters is 2. The summed E-state index contributed by atoms with van der Waals surface area (Å²) < 4.78 is 15.3. The number of benzene rings is 2. The first-order chi connectivity index (χ1) is 10.7. The summed E-state index contributed by atoms with van der Waals surface area (Å²) in [5, 5.41) is 0. The summed E-state index contributed by atoms with van der Waals surface area (Å²) in [5.41, 5.74) is 0.638. The van der Waals surface area contributed by atoms with Crippen LogP contribution in [0.3, 0.4) is 0 Å². The largest absolute Gasteiger partial charge is 0.496 e. The summed E-state index contributed by atoms with van der Waals surface area (Å²) in [6, 6.07) is 13.0. The molecule has 0 spiro atoms. The highest BCUT2D eigenvalue weighted by Crippen LogP contribution is 2.21. The highest BCUT2D eigenvalue weighted by Gasteiger charge is 2.15. The van der Waals surface area contributed by atoms with Gasteiger partial charge in [0, 0.05) is 0 Å². The van der Waals surface area contributed by atoms with E-state index in [2.05, 4.69) is 0 Å². The number of hydrogen-bond acceptors (Lipinski definition) is 5. The zero-order valence-electron chi connectivity index (χ0n) is 12.4. The Kier molecular flexibility index (Phi) is 5.14. The predicted molar refractivity (Wildman–Crippen MR) is 80.4 cm³/mol. The molecule has 0 aromatic heterocycles. The summed E-state index contributed by atoms with van der Waals surface area (Å²) in [7, 11) is 1.48. The molecule has 0 N–H and O–H groups in total. The van der Waals surface area contributed by atoms with Gasteiger partial charge in [-0.05, 0) is 37.3 Å². The zero-order valence-corrected chi connectivity index (χ0v) is 12.4. The SMILES string of the molecule is CCOC(=O)c1cccc(OC(=O)c2ccccc2OC)c1. The van der Waals surface area contributed by atoms with Gasteiger partial charge in [-0.15, -0.1) is 0 Å². The molecule has 0 unspecified atom stereocenters. The van der Waals surface area contributed by atoms with Gasteiger partial charge in [-0.1, -0.05) is 18.2 Å². The molecule has 114 valence electrons. The van der Waals surface area contributed by atoms with Crippen LogP contribution in [0.4, 0.5) is 0 Å². The fraction of sp³-hybridized carbons (Fsp3) is 0.176. The van der Waals surface area contributed by atoms with Crippen molar-refractivity contribution in [3.8, 4) is 11.5 Å². The lowest BCUT2D eigenvalue weighted by atomic mass is 10.2. The lowest BCUT2D eigenvalue weighted by Crippen LogP contribution is -2.11. The maximum absolute atomic E-state index is 12.2. The number of ether oxygens (including phenoxy) is 3. The van der Waals surface area contributed by atoms with Crippen LogP contribution in [-0.2, 0) is 4.74 Å². The van der Waals surface area contributed by atoms with Crippen LogP contribution in [0.15, 0.2) is 48.5 Å². The van der Waals surface area contributed by atoms with Gasteiger partial charge in [0.2, 0.25) is 0 Å². The molecule has 5 nitrogen and oxygen atoms in total. The normalized spacial score (nSPS) is 9.91. The van der Waals surface area contributed by atoms with Gasteiger partial charge in [0.15, 0.2) is 0 Å². The Morgan fingerprint density at radius 3 is 2.50 bits per heavy atom. The van der Waals surface area contributed by atoms with Gasteiger partial charge >= 0.3 is 11.9 Å². The average Bonchev–Trinajstić information content (AvgIpc) is 2.55. The third-order valence-electron chi connectivity index (χ3n) is 2.88. The molecule has 2 rings (SSSR count). The molecule has 5 heteroatoms. The fourth-order valence-electron chi connectivity index (χ4n) is 1.88. The second-order valence-corrected chi connectivity index (χ2v) is 4.34. The second kappa shape index (κ2) is 7.26. The van der Waals surface area contributed by atoms with Gasteiger partial charge in [0.25, 0.3) is 0 Å². The van der Waals surface area contributed by atoms with E-state index >= 15 is 0 Å². The molecular weight excluding hydrogens is 284 g/mol. The van der Waals surface area contributed by atoms with E-state index in [1.807, 2.05) is 0 Å². The standard InChI is InChI=1S/C17H16O5/c1-3-21-16(18)12-7-6-8-13(11-12)22-17(19)14-9-4-5-10-15(14)20-2/h4-11H,3H2,1-2H3. The molecule has 0 saturated heterocycles. The molecule has 0 heterocycles. The Bertz CT molecular complexity index is 678. The minimum Gasteiger partial charge on any atom is -0.496 e. The molecule has 0 saturated carbocycles. The fourth-order valence-corrected chi connectivity index (χ4v) is 1.88. The Hall–Kier alpha value is -2.82. The first-order valence-corrected chi connectivity index (χ1v) is 6.78. The van der Waals surface area contributed by atoms with Crippen molar-refractivity contribution in [2.24, 2.45) is 0 Å². The van der Waals surface area contributed by atoms with Crippen molar-refractivity contribution in [3.63, 3.8) is 0 Å². The van der Waals surface area contributed by atoms with Crippen LogP contribution in [0, 0.1) is 0 Å². The number of para-hydroxylation sites is 1. The molecule has 0 aliphatic rings. The molecule has 2 aromatic rings. The van der Waals surface area contributed by atoms with E-state index < -0.39 is 11.9 Å². The maximum Gasteiger partial charge on any atom is 0.347 e. The Morgan fingerprint density at radius 2 is 1.77 bits per heavy atom. The Labute approximate surface area is 128 Å². The van der Waals surface area contributed by atoms with Crippen molar-refractivity contribution < 1.29 is 23.8 Å². The van der Waals surface area contributed by atoms with Gasteiger partial charge in [-0.2, -0.15) is 0 Å². The van der Waals surface area contributed by atoms with Crippen LogP contribution >= 0.6 is 0 Å². The van der Waals surface area contributed by atoms with Crippen molar-refractivity contribution in [1.82, 2.24) is 0 Å². The van der Waals surface area contributed by atoms with E-state index in [-0.39, 0.29) is 12.4 Å². The molecule has 0 aliphatic carbocycles. The van der Waals surface area contributed by atoms with E-state index in [9.17, 15) is 9.59 Å². The summed E-state index contributed by atoms with van der Waals surface area (Å²) >= 11 is 0. The highest BCUT2D eigenvalue weighted by molar-refractivity contribution is 5.94. The van der Waals surface area contributed by atoms with E-state index in [4.69, 9.17) is 14.2 Å². The second-order valence-electron chi connectivity index (χ2n) is 4.34. The van der Waals surface area contributed by atoms with Gasteiger partial charge < -0.3 is 14.2 Å². The summed E-state index contributed by atoms with van der Waals surface area (Å²) in [6.45, 7) is 2.01. The van der Waals surface area contributed by atoms with Crippen LogP contribution in [0.5, 0.6) is 11.5 Å². The minimum atomic E-state index is -0.557. The quantitative estimate of drug-likeness (QED) is 0.627. The highest BCUT2D eigenvalue weighted by atomic mass is 16.5. The molecule has 22 heavy (non-hydrogen) atoms. The third kappa shape index (κ3) is 3.63. The van der Waals surface area contributed by atoms with Gasteiger partial charge in [0.05, 0.1) is 19.3 Å². The first kappa shape index (κ1) is 15.6. The molecule has 0 bridgehead atoms. The van der Waals surface area contributed by atoms with Crippen molar-refractivity contribution in [2.75, 3.05) is 13.7 Å². The predicted octanol–water partition coefficient (Wildman–Crippen LogP) is 3.09. The van der Waals surface area contributed by atoms with Gasteiger partial charge in [0.1, 0.15) is 17.1 Å². The number of rotatable bonds is 5. The van der Waals surface area contributed by atoms with Crippen LogP contribution in [0.1, 0.15) is 27.6 Å². The molecule has 2 aromatic carbocycles. The molecule has 0 fully saturated rings. The van der Waals surface area contributed by atoms with E-state index in [1.165, 1.54) is 13.2 Å². The monoisotopic (exact) mass is 300 g/mol. The lowest BCUT2D eigenvalue weighted by molar-refractivity contribution is 0.0524. The number of hydrogen-bond donors (Lipinski definition) is 0. The summed E-state index contributed by atoms with van der Waals surface area (Å²) in [5.74, 6) is -0.327. The molecule has 0 amide bonds. The Balaban J connectivity index is 2.18. The van der Waals surface area contributed by atoms with Crippen LogP contribution < -0.4 is 9.47 Å². The summed E-state index contributed by atoms with van der Waals surface area (Å²) in [6.07, 6.45) is 0. The first-order valence-electron chi connectivity index (χ1n) is 6.78. The zero-order chi connectivity index (χ0) is 15.9. The third-order valence-corrected chi connectivity index (χ3v) is 2.88. The van der Waals surface area contributed by atoms with Crippen molar-refractivity contribution in [1.29, 1.82) is 0 Å². The van der Waals surface area contributed by atoms with E-state index in [0.717, 1.165) is 0 Å². The molecule has 0 atom stereocenters. The lowest BCUT2D eigenvalue weighted by Gasteiger charge is -2.09. The molecule has 0 radical (unpaired) electrons.